The third-order valence-corrected chi connectivity index (χ3v) is 4.93. The van der Waals surface area contributed by atoms with Crippen LogP contribution in [0.4, 0.5) is 5.69 Å². The number of benzene rings is 1. The Balaban J connectivity index is 1.67. The first-order chi connectivity index (χ1) is 12.6. The zero-order valence-corrected chi connectivity index (χ0v) is 15.9. The number of para-hydroxylation sites is 1. The quantitative estimate of drug-likeness (QED) is 0.624. The second-order valence-electron chi connectivity index (χ2n) is 6.11. The minimum absolute atomic E-state index is 0.0618. The minimum Gasteiger partial charge on any atom is -0.461 e. The lowest BCUT2D eigenvalue weighted by Gasteiger charge is -2.13. The van der Waals surface area contributed by atoms with Gasteiger partial charge in [-0.05, 0) is 36.6 Å². The molecule has 0 saturated heterocycles. The highest BCUT2D eigenvalue weighted by atomic mass is 32.2. The highest BCUT2D eigenvalue weighted by molar-refractivity contribution is 7.99. The van der Waals surface area contributed by atoms with Gasteiger partial charge in [-0.25, -0.2) is 0 Å². The Morgan fingerprint density at radius 2 is 2.04 bits per heavy atom. The fourth-order valence-corrected chi connectivity index (χ4v) is 3.50. The van der Waals surface area contributed by atoms with E-state index in [-0.39, 0.29) is 11.7 Å². The Bertz CT molecular complexity index is 872. The molecule has 0 atom stereocenters. The Morgan fingerprint density at radius 3 is 2.73 bits per heavy atom. The number of hydrogen-bond donors (Lipinski definition) is 1. The molecule has 26 heavy (non-hydrogen) atoms. The summed E-state index contributed by atoms with van der Waals surface area (Å²) in [6.45, 7) is 6.93. The third-order valence-electron chi connectivity index (χ3n) is 3.96. The topological polar surface area (TPSA) is 73.0 Å². The van der Waals surface area contributed by atoms with E-state index >= 15 is 0 Å². The zero-order valence-electron chi connectivity index (χ0n) is 15.1. The number of rotatable bonds is 7. The van der Waals surface area contributed by atoms with E-state index in [0.717, 1.165) is 11.3 Å². The predicted molar refractivity (Wildman–Crippen MR) is 103 cm³/mol. The molecule has 0 unspecified atom stereocenters. The molecule has 3 aromatic rings. The normalized spacial score (nSPS) is 11.1. The van der Waals surface area contributed by atoms with Crippen molar-refractivity contribution >= 4 is 23.4 Å². The van der Waals surface area contributed by atoms with Crippen LogP contribution in [0.2, 0.25) is 0 Å². The lowest BCUT2D eigenvalue weighted by molar-refractivity contribution is -0.113. The van der Waals surface area contributed by atoms with Crippen LogP contribution < -0.4 is 5.32 Å². The summed E-state index contributed by atoms with van der Waals surface area (Å²) in [6.07, 6.45) is 1.61. The molecule has 6 nitrogen and oxygen atoms in total. The molecule has 1 aromatic carbocycles. The van der Waals surface area contributed by atoms with E-state index in [2.05, 4.69) is 29.4 Å². The summed E-state index contributed by atoms with van der Waals surface area (Å²) in [5, 5.41) is 12.1. The van der Waals surface area contributed by atoms with Gasteiger partial charge in [0.2, 0.25) is 5.91 Å². The van der Waals surface area contributed by atoms with Crippen LogP contribution in [-0.4, -0.2) is 26.4 Å². The molecule has 2 aromatic heterocycles. The number of nitrogens with zero attached hydrogens (tertiary/aromatic N) is 3. The molecule has 0 bridgehead atoms. The first-order valence-corrected chi connectivity index (χ1v) is 9.57. The van der Waals surface area contributed by atoms with Crippen LogP contribution in [0, 0.1) is 0 Å². The van der Waals surface area contributed by atoms with Crippen molar-refractivity contribution in [2.75, 3.05) is 11.1 Å². The SMILES string of the molecule is CCn1c(SCC(=O)Nc2ccccc2C(C)C)nnc1-c1ccco1. The molecule has 0 aliphatic carbocycles. The summed E-state index contributed by atoms with van der Waals surface area (Å²) in [5.74, 6) is 1.89. The van der Waals surface area contributed by atoms with E-state index < -0.39 is 0 Å². The number of hydrogen-bond acceptors (Lipinski definition) is 5. The maximum absolute atomic E-state index is 12.4. The molecule has 136 valence electrons. The van der Waals surface area contributed by atoms with Crippen molar-refractivity contribution in [1.29, 1.82) is 0 Å². The summed E-state index contributed by atoms with van der Waals surface area (Å²) >= 11 is 1.37. The highest BCUT2D eigenvalue weighted by Crippen LogP contribution is 2.26. The largest absolute Gasteiger partial charge is 0.461 e. The highest BCUT2D eigenvalue weighted by Gasteiger charge is 2.16. The Hall–Kier alpha value is -2.54. The maximum Gasteiger partial charge on any atom is 0.234 e. The molecule has 0 aliphatic rings. The van der Waals surface area contributed by atoms with Gasteiger partial charge in [-0.15, -0.1) is 10.2 Å². The van der Waals surface area contributed by atoms with Crippen molar-refractivity contribution < 1.29 is 9.21 Å². The Morgan fingerprint density at radius 1 is 1.23 bits per heavy atom. The summed E-state index contributed by atoms with van der Waals surface area (Å²) in [4.78, 5) is 12.4. The first-order valence-electron chi connectivity index (χ1n) is 8.58. The molecule has 0 radical (unpaired) electrons. The van der Waals surface area contributed by atoms with Crippen LogP contribution in [0.25, 0.3) is 11.6 Å². The van der Waals surface area contributed by atoms with Crippen LogP contribution >= 0.6 is 11.8 Å². The number of furan rings is 1. The average molecular weight is 370 g/mol. The van der Waals surface area contributed by atoms with E-state index in [1.54, 1.807) is 6.26 Å². The van der Waals surface area contributed by atoms with Gasteiger partial charge >= 0.3 is 0 Å². The maximum atomic E-state index is 12.4. The number of aromatic nitrogens is 3. The molecule has 1 amide bonds. The van der Waals surface area contributed by atoms with E-state index in [1.165, 1.54) is 11.8 Å². The molecule has 0 saturated carbocycles. The second kappa shape index (κ2) is 8.23. The van der Waals surface area contributed by atoms with Crippen molar-refractivity contribution in [3.8, 4) is 11.6 Å². The van der Waals surface area contributed by atoms with Crippen LogP contribution in [-0.2, 0) is 11.3 Å². The molecule has 3 rings (SSSR count). The fraction of sp³-hybridized carbons (Fsp3) is 0.316. The summed E-state index contributed by atoms with van der Waals surface area (Å²) in [5.41, 5.74) is 1.99. The summed E-state index contributed by atoms with van der Waals surface area (Å²) < 4.78 is 7.35. The van der Waals surface area contributed by atoms with Crippen LogP contribution in [0.5, 0.6) is 0 Å². The van der Waals surface area contributed by atoms with Crippen LogP contribution in [0.15, 0.2) is 52.2 Å². The fourth-order valence-electron chi connectivity index (χ4n) is 2.70. The third kappa shape index (κ3) is 3.99. The van der Waals surface area contributed by atoms with Crippen molar-refractivity contribution in [2.24, 2.45) is 0 Å². The number of nitrogens with one attached hydrogen (secondary N) is 1. The number of carbonyl (C=O) groups excluding carboxylic acids is 1. The van der Waals surface area contributed by atoms with Gasteiger partial charge in [0, 0.05) is 12.2 Å². The molecule has 0 spiro atoms. The van der Waals surface area contributed by atoms with E-state index in [4.69, 9.17) is 4.42 Å². The Kier molecular flexibility index (Phi) is 5.78. The number of anilines is 1. The van der Waals surface area contributed by atoms with Gasteiger partial charge in [-0.2, -0.15) is 0 Å². The van der Waals surface area contributed by atoms with Crippen LogP contribution in [0.3, 0.4) is 0 Å². The molecule has 1 N–H and O–H groups in total. The smallest absolute Gasteiger partial charge is 0.234 e. The van der Waals surface area contributed by atoms with Gasteiger partial charge in [-0.1, -0.05) is 43.8 Å². The summed E-state index contributed by atoms with van der Waals surface area (Å²) in [7, 11) is 0. The predicted octanol–water partition coefficient (Wildman–Crippen LogP) is 4.41. The van der Waals surface area contributed by atoms with Crippen molar-refractivity contribution in [1.82, 2.24) is 14.8 Å². The average Bonchev–Trinajstić information content (AvgIpc) is 3.29. The van der Waals surface area contributed by atoms with Crippen molar-refractivity contribution in [3.63, 3.8) is 0 Å². The van der Waals surface area contributed by atoms with Crippen molar-refractivity contribution in [3.05, 3.63) is 48.2 Å². The van der Waals surface area contributed by atoms with Crippen molar-refractivity contribution in [2.45, 2.75) is 38.4 Å². The van der Waals surface area contributed by atoms with Gasteiger partial charge in [0.1, 0.15) is 0 Å². The van der Waals surface area contributed by atoms with E-state index in [9.17, 15) is 4.79 Å². The monoisotopic (exact) mass is 370 g/mol. The molecule has 0 aliphatic heterocycles. The molecule has 0 fully saturated rings. The lowest BCUT2D eigenvalue weighted by Crippen LogP contribution is -2.16. The summed E-state index contributed by atoms with van der Waals surface area (Å²) in [6, 6.07) is 11.5. The van der Waals surface area contributed by atoms with Gasteiger partial charge in [0.25, 0.3) is 0 Å². The molecule has 2 heterocycles. The van der Waals surface area contributed by atoms with Gasteiger partial charge < -0.3 is 9.73 Å². The zero-order chi connectivity index (χ0) is 18.5. The number of carbonyl (C=O) groups is 1. The molecular weight excluding hydrogens is 348 g/mol. The van der Waals surface area contributed by atoms with E-state index in [1.807, 2.05) is 47.9 Å². The number of amides is 1. The van der Waals surface area contributed by atoms with Crippen LogP contribution in [0.1, 0.15) is 32.3 Å². The molecule has 7 heteroatoms. The first kappa shape index (κ1) is 18.3. The standard InChI is InChI=1S/C19H22N4O2S/c1-4-23-18(16-10-7-11-25-16)21-22-19(23)26-12-17(24)20-15-9-6-5-8-14(15)13(2)3/h5-11,13H,4,12H2,1-3H3,(H,20,24). The molecular formula is C19H22N4O2S. The van der Waals surface area contributed by atoms with Gasteiger partial charge in [0.15, 0.2) is 16.7 Å². The van der Waals surface area contributed by atoms with E-state index in [0.29, 0.717) is 29.2 Å². The number of thioether (sulfide) groups is 1. The van der Waals surface area contributed by atoms with Gasteiger partial charge in [0.05, 0.1) is 12.0 Å². The Labute approximate surface area is 157 Å². The van der Waals surface area contributed by atoms with Gasteiger partial charge in [-0.3, -0.25) is 9.36 Å². The lowest BCUT2D eigenvalue weighted by atomic mass is 10.0. The second-order valence-corrected chi connectivity index (χ2v) is 7.05. The minimum atomic E-state index is -0.0618.